The Hall–Kier alpha value is -2.62. The number of rotatable bonds is 6. The SMILES string of the molecule is CN1C=C(c2ccc(OCc3ccccc3)c(F)c2)C=NC1CC1CCCCC1. The van der Waals surface area contributed by atoms with Gasteiger partial charge >= 0.3 is 0 Å². The Morgan fingerprint density at radius 1 is 1.07 bits per heavy atom. The highest BCUT2D eigenvalue weighted by atomic mass is 19.1. The molecular weight excluding hydrogens is 363 g/mol. The molecule has 2 aromatic carbocycles. The fourth-order valence-electron chi connectivity index (χ4n) is 4.24. The van der Waals surface area contributed by atoms with E-state index in [2.05, 4.69) is 18.1 Å². The van der Waals surface area contributed by atoms with Crippen LogP contribution in [0.5, 0.6) is 5.75 Å². The molecule has 1 fully saturated rings. The number of halogens is 1. The van der Waals surface area contributed by atoms with Gasteiger partial charge in [-0.3, -0.25) is 4.99 Å². The van der Waals surface area contributed by atoms with Gasteiger partial charge in [0.05, 0.1) is 0 Å². The molecule has 0 saturated heterocycles. The molecule has 29 heavy (non-hydrogen) atoms. The average Bonchev–Trinajstić information content (AvgIpc) is 2.76. The van der Waals surface area contributed by atoms with Crippen LogP contribution in [0, 0.1) is 11.7 Å². The molecule has 1 atom stereocenters. The van der Waals surface area contributed by atoms with Crippen molar-refractivity contribution in [1.29, 1.82) is 0 Å². The van der Waals surface area contributed by atoms with Gasteiger partial charge in [-0.2, -0.15) is 0 Å². The lowest BCUT2D eigenvalue weighted by Crippen LogP contribution is -2.31. The van der Waals surface area contributed by atoms with Crippen molar-refractivity contribution in [3.05, 3.63) is 71.7 Å². The van der Waals surface area contributed by atoms with Gasteiger partial charge in [-0.25, -0.2) is 4.39 Å². The Balaban J connectivity index is 1.39. The molecule has 4 heteroatoms. The summed E-state index contributed by atoms with van der Waals surface area (Å²) >= 11 is 0. The minimum absolute atomic E-state index is 0.195. The van der Waals surface area contributed by atoms with E-state index in [1.807, 2.05) is 42.6 Å². The first-order valence-electron chi connectivity index (χ1n) is 10.6. The molecule has 2 aromatic rings. The van der Waals surface area contributed by atoms with Crippen LogP contribution >= 0.6 is 0 Å². The van der Waals surface area contributed by atoms with Crippen LogP contribution in [0.15, 0.2) is 59.7 Å². The molecule has 0 N–H and O–H groups in total. The third-order valence-electron chi connectivity index (χ3n) is 5.97. The zero-order valence-corrected chi connectivity index (χ0v) is 17.1. The van der Waals surface area contributed by atoms with Gasteiger partial charge in [0, 0.05) is 25.0 Å². The van der Waals surface area contributed by atoms with Gasteiger partial charge in [0.25, 0.3) is 0 Å². The highest BCUT2D eigenvalue weighted by Gasteiger charge is 2.22. The lowest BCUT2D eigenvalue weighted by molar-refractivity contribution is 0.239. The fourth-order valence-corrected chi connectivity index (χ4v) is 4.24. The molecule has 1 saturated carbocycles. The number of ether oxygens (including phenoxy) is 1. The minimum Gasteiger partial charge on any atom is -0.486 e. The van der Waals surface area contributed by atoms with Crippen molar-refractivity contribution in [3.63, 3.8) is 0 Å². The largest absolute Gasteiger partial charge is 0.486 e. The zero-order chi connectivity index (χ0) is 20.1. The molecule has 1 unspecified atom stereocenters. The third kappa shape index (κ3) is 5.06. The van der Waals surface area contributed by atoms with Crippen molar-refractivity contribution in [2.24, 2.45) is 10.9 Å². The first-order chi connectivity index (χ1) is 14.2. The van der Waals surface area contributed by atoms with Crippen LogP contribution in [0.3, 0.4) is 0 Å². The van der Waals surface area contributed by atoms with E-state index in [-0.39, 0.29) is 17.7 Å². The fraction of sp³-hybridized carbons (Fsp3) is 0.400. The first-order valence-corrected chi connectivity index (χ1v) is 10.6. The maximum absolute atomic E-state index is 14.6. The van der Waals surface area contributed by atoms with Gasteiger partial charge < -0.3 is 9.64 Å². The number of hydrogen-bond acceptors (Lipinski definition) is 3. The van der Waals surface area contributed by atoms with E-state index in [1.165, 1.54) is 38.2 Å². The monoisotopic (exact) mass is 392 g/mol. The van der Waals surface area contributed by atoms with Crippen molar-refractivity contribution in [1.82, 2.24) is 4.90 Å². The Morgan fingerprint density at radius 3 is 2.59 bits per heavy atom. The predicted molar refractivity (Wildman–Crippen MR) is 116 cm³/mol. The second-order valence-electron chi connectivity index (χ2n) is 8.17. The quantitative estimate of drug-likeness (QED) is 0.597. The van der Waals surface area contributed by atoms with E-state index in [4.69, 9.17) is 9.73 Å². The summed E-state index contributed by atoms with van der Waals surface area (Å²) in [5.41, 5.74) is 2.77. The second kappa shape index (κ2) is 9.25. The van der Waals surface area contributed by atoms with Gasteiger partial charge in [0.2, 0.25) is 0 Å². The lowest BCUT2D eigenvalue weighted by atomic mass is 9.86. The number of hydrogen-bond donors (Lipinski definition) is 0. The molecule has 1 aliphatic carbocycles. The summed E-state index contributed by atoms with van der Waals surface area (Å²) in [7, 11) is 2.07. The molecule has 1 aliphatic heterocycles. The summed E-state index contributed by atoms with van der Waals surface area (Å²) in [5, 5.41) is 0. The highest BCUT2D eigenvalue weighted by molar-refractivity contribution is 6.10. The molecular formula is C25H29FN2O. The van der Waals surface area contributed by atoms with E-state index in [0.29, 0.717) is 6.61 Å². The van der Waals surface area contributed by atoms with Gasteiger partial charge in [-0.15, -0.1) is 0 Å². The standard InChI is InChI=1S/C25H29FN2O/c1-28-17-22(16-27-25(28)14-19-8-4-2-5-9-19)21-12-13-24(23(26)15-21)29-18-20-10-6-3-7-11-20/h3,6-7,10-13,15-17,19,25H,2,4-5,8-9,14,18H2,1H3. The maximum Gasteiger partial charge on any atom is 0.165 e. The summed E-state index contributed by atoms with van der Waals surface area (Å²) in [5.74, 6) is 0.705. The summed E-state index contributed by atoms with van der Waals surface area (Å²) in [6, 6.07) is 14.9. The van der Waals surface area contributed by atoms with Crippen LogP contribution in [0.4, 0.5) is 4.39 Å². The van der Waals surface area contributed by atoms with E-state index in [9.17, 15) is 4.39 Å². The molecule has 0 amide bonds. The second-order valence-corrected chi connectivity index (χ2v) is 8.17. The van der Waals surface area contributed by atoms with E-state index >= 15 is 0 Å². The van der Waals surface area contributed by atoms with Crippen molar-refractivity contribution in [2.75, 3.05) is 7.05 Å². The molecule has 0 bridgehead atoms. The van der Waals surface area contributed by atoms with Crippen molar-refractivity contribution >= 4 is 11.8 Å². The first kappa shape index (κ1) is 19.7. The molecule has 152 valence electrons. The van der Waals surface area contributed by atoms with Crippen LogP contribution < -0.4 is 4.74 Å². The molecule has 0 spiro atoms. The van der Waals surface area contributed by atoms with Crippen LogP contribution in [-0.2, 0) is 6.61 Å². The number of benzene rings is 2. The molecule has 2 aliphatic rings. The van der Waals surface area contributed by atoms with Crippen LogP contribution in [-0.4, -0.2) is 24.3 Å². The van der Waals surface area contributed by atoms with Crippen molar-refractivity contribution in [3.8, 4) is 5.75 Å². The summed E-state index contributed by atoms with van der Waals surface area (Å²) in [4.78, 5) is 6.94. The van der Waals surface area contributed by atoms with Crippen LogP contribution in [0.1, 0.15) is 49.7 Å². The van der Waals surface area contributed by atoms with Crippen LogP contribution in [0.25, 0.3) is 5.57 Å². The Kier molecular flexibility index (Phi) is 6.28. The van der Waals surface area contributed by atoms with Gasteiger partial charge in [0.15, 0.2) is 11.6 Å². The van der Waals surface area contributed by atoms with Gasteiger partial charge in [0.1, 0.15) is 12.8 Å². The third-order valence-corrected chi connectivity index (χ3v) is 5.97. The lowest BCUT2D eigenvalue weighted by Gasteiger charge is -2.32. The smallest absolute Gasteiger partial charge is 0.165 e. The topological polar surface area (TPSA) is 24.8 Å². The molecule has 4 rings (SSSR count). The molecule has 3 nitrogen and oxygen atoms in total. The average molecular weight is 393 g/mol. The number of aliphatic imine (C=N–C) groups is 1. The van der Waals surface area contributed by atoms with Crippen molar-refractivity contribution < 1.29 is 9.13 Å². The van der Waals surface area contributed by atoms with E-state index < -0.39 is 0 Å². The summed E-state index contributed by atoms with van der Waals surface area (Å²) < 4.78 is 20.2. The highest BCUT2D eigenvalue weighted by Crippen LogP contribution is 2.31. The number of allylic oxidation sites excluding steroid dienone is 1. The molecule has 0 radical (unpaired) electrons. The van der Waals surface area contributed by atoms with Crippen molar-refractivity contribution in [2.45, 2.75) is 51.3 Å². The predicted octanol–water partition coefficient (Wildman–Crippen LogP) is 6.06. The maximum atomic E-state index is 14.6. The Labute approximate surface area is 172 Å². The van der Waals surface area contributed by atoms with Crippen LogP contribution in [0.2, 0.25) is 0 Å². The number of nitrogens with zero attached hydrogens (tertiary/aromatic N) is 2. The van der Waals surface area contributed by atoms with Gasteiger partial charge in [-0.1, -0.05) is 68.5 Å². The molecule has 1 heterocycles. The summed E-state index contributed by atoms with van der Waals surface area (Å²) in [6.07, 6.45) is 12.0. The normalized spacial score (nSPS) is 19.9. The van der Waals surface area contributed by atoms with E-state index in [0.717, 1.165) is 29.0 Å². The zero-order valence-electron chi connectivity index (χ0n) is 17.1. The Bertz CT molecular complexity index is 872. The molecule has 0 aromatic heterocycles. The summed E-state index contributed by atoms with van der Waals surface area (Å²) in [6.45, 7) is 0.354. The minimum atomic E-state index is -0.347. The Morgan fingerprint density at radius 2 is 1.86 bits per heavy atom. The van der Waals surface area contributed by atoms with E-state index in [1.54, 1.807) is 6.07 Å². The van der Waals surface area contributed by atoms with Gasteiger partial charge in [-0.05, 0) is 35.6 Å².